The minimum absolute atomic E-state index is 0.109. The average Bonchev–Trinajstić information content (AvgIpc) is 3.74. The van der Waals surface area contributed by atoms with Gasteiger partial charge in [-0.2, -0.15) is 0 Å². The Morgan fingerprint density at radius 2 is 1.08 bits per heavy atom. The Kier molecular flexibility index (Phi) is 5.70. The summed E-state index contributed by atoms with van der Waals surface area (Å²) in [4.78, 5) is 15.1. The summed E-state index contributed by atoms with van der Waals surface area (Å²) in [5.74, 6) is 1.73. The number of rotatable bonds is 5. The second kappa shape index (κ2) is 11.7. The summed E-state index contributed by atoms with van der Waals surface area (Å²) in [6.07, 6.45) is 0. The lowest BCUT2D eigenvalue weighted by molar-refractivity contribution is 0.660. The lowest BCUT2D eigenvalue weighted by atomic mass is 9.82. The fourth-order valence-corrected chi connectivity index (χ4v) is 7.65. The smallest absolute Gasteiger partial charge is 0.164 e. The molecule has 4 nitrogen and oxygen atoms in total. The van der Waals surface area contributed by atoms with Crippen molar-refractivity contribution < 1.29 is 11.3 Å². The molecule has 9 aromatic rings. The standard InChI is InChI=1S/C48H33N3O/c1-48(2)40-21-10-9-19-37(40)39-28-35(24-26-41(39)48)47-50-45(31-15-7-4-8-16-31)49-46(51-47)34-18-11-17-32(27-34)33-23-25-38-43(29-33)52-42-22-12-20-36(44(38)42)30-13-5-3-6-14-30/h3-29H,1-2H3/i3D,5D,6D,13D,14D. The molecule has 0 amide bonds. The molecule has 0 saturated carbocycles. The monoisotopic (exact) mass is 672 g/mol. The first-order valence-corrected chi connectivity index (χ1v) is 17.3. The first-order chi connectivity index (χ1) is 27.6. The molecule has 0 atom stereocenters. The minimum Gasteiger partial charge on any atom is -0.456 e. The second-order valence-corrected chi connectivity index (χ2v) is 13.7. The van der Waals surface area contributed by atoms with Crippen molar-refractivity contribution >= 4 is 21.9 Å². The number of hydrogen-bond donors (Lipinski definition) is 0. The number of benzene rings is 7. The highest BCUT2D eigenvalue weighted by Gasteiger charge is 2.35. The van der Waals surface area contributed by atoms with Gasteiger partial charge >= 0.3 is 0 Å². The molecule has 7 aromatic carbocycles. The van der Waals surface area contributed by atoms with Crippen molar-refractivity contribution in [3.05, 3.63) is 175 Å². The van der Waals surface area contributed by atoms with Gasteiger partial charge in [0, 0.05) is 32.9 Å². The van der Waals surface area contributed by atoms with E-state index in [1.807, 2.05) is 72.8 Å². The number of hydrogen-bond acceptors (Lipinski definition) is 4. The van der Waals surface area contributed by atoms with Crippen LogP contribution in [-0.4, -0.2) is 15.0 Å². The van der Waals surface area contributed by atoms with Crippen molar-refractivity contribution in [2.75, 3.05) is 0 Å². The zero-order valence-corrected chi connectivity index (χ0v) is 28.5. The van der Waals surface area contributed by atoms with Crippen molar-refractivity contribution in [3.8, 4) is 67.5 Å². The van der Waals surface area contributed by atoms with Crippen LogP contribution in [0.25, 0.3) is 89.5 Å². The molecule has 0 unspecified atom stereocenters. The van der Waals surface area contributed by atoms with E-state index >= 15 is 0 Å². The molecule has 4 heteroatoms. The number of nitrogens with zero attached hydrogens (tertiary/aromatic N) is 3. The maximum absolute atomic E-state index is 8.62. The van der Waals surface area contributed by atoms with Crippen molar-refractivity contribution in [1.29, 1.82) is 0 Å². The fraction of sp³-hybridized carbons (Fsp3) is 0.0625. The number of fused-ring (bicyclic) bond motifs is 6. The largest absolute Gasteiger partial charge is 0.456 e. The minimum atomic E-state index is -0.423. The molecule has 0 spiro atoms. The molecule has 0 radical (unpaired) electrons. The molecule has 52 heavy (non-hydrogen) atoms. The zero-order valence-electron chi connectivity index (χ0n) is 33.5. The highest BCUT2D eigenvalue weighted by molar-refractivity contribution is 6.13. The van der Waals surface area contributed by atoms with Crippen LogP contribution in [0.15, 0.2) is 168 Å². The van der Waals surface area contributed by atoms with E-state index in [0.29, 0.717) is 39.6 Å². The SMILES string of the molecule is [2H]c1c([2H])c([2H])c(-c2cccc3oc4cc(-c5cccc(-c6nc(-c7ccccc7)nc(-c7ccc8c(c7)-c7ccccc7C8(C)C)n6)c5)ccc4c23)c([2H])c1[2H]. The molecule has 0 bridgehead atoms. The Bertz CT molecular complexity index is 3090. The van der Waals surface area contributed by atoms with Crippen LogP contribution >= 0.6 is 0 Å². The first kappa shape index (κ1) is 25.3. The molecule has 2 heterocycles. The average molecular weight is 673 g/mol. The topological polar surface area (TPSA) is 51.8 Å². The van der Waals surface area contributed by atoms with Gasteiger partial charge in [-0.05, 0) is 74.8 Å². The van der Waals surface area contributed by atoms with Crippen molar-refractivity contribution in [2.45, 2.75) is 19.3 Å². The second-order valence-electron chi connectivity index (χ2n) is 13.7. The van der Waals surface area contributed by atoms with Gasteiger partial charge in [-0.3, -0.25) is 0 Å². The van der Waals surface area contributed by atoms with E-state index in [1.54, 1.807) is 12.1 Å². The van der Waals surface area contributed by atoms with Gasteiger partial charge in [0.1, 0.15) is 11.2 Å². The third-order valence-corrected chi connectivity index (χ3v) is 10.2. The van der Waals surface area contributed by atoms with Gasteiger partial charge in [0.2, 0.25) is 0 Å². The highest BCUT2D eigenvalue weighted by Crippen LogP contribution is 2.49. The van der Waals surface area contributed by atoms with Crippen LogP contribution < -0.4 is 0 Å². The van der Waals surface area contributed by atoms with Gasteiger partial charge in [-0.25, -0.2) is 15.0 Å². The van der Waals surface area contributed by atoms with E-state index in [1.165, 1.54) is 22.3 Å². The Labute approximate surface area is 309 Å². The summed E-state index contributed by atoms with van der Waals surface area (Å²) in [6, 6.07) is 42.8. The summed E-state index contributed by atoms with van der Waals surface area (Å²) in [6.45, 7) is 4.54. The molecule has 2 aromatic heterocycles. The summed E-state index contributed by atoms with van der Waals surface area (Å²) in [5.41, 5.74) is 11.2. The Morgan fingerprint density at radius 3 is 1.90 bits per heavy atom. The molecule has 1 aliphatic rings. The summed E-state index contributed by atoms with van der Waals surface area (Å²) < 4.78 is 48.2. The zero-order chi connectivity index (χ0) is 39.2. The molecular formula is C48H33N3O. The lowest BCUT2D eigenvalue weighted by Gasteiger charge is -2.21. The molecule has 0 aliphatic heterocycles. The third kappa shape index (κ3) is 4.87. The third-order valence-electron chi connectivity index (χ3n) is 10.2. The van der Waals surface area contributed by atoms with E-state index in [-0.39, 0.29) is 35.1 Å². The molecule has 0 fully saturated rings. The lowest BCUT2D eigenvalue weighted by Crippen LogP contribution is -2.14. The first-order valence-electron chi connectivity index (χ1n) is 19.8. The maximum atomic E-state index is 8.62. The van der Waals surface area contributed by atoms with E-state index in [0.717, 1.165) is 33.2 Å². The molecule has 0 N–H and O–H groups in total. The van der Waals surface area contributed by atoms with Gasteiger partial charge in [-0.1, -0.05) is 147 Å². The predicted molar refractivity (Wildman–Crippen MR) is 212 cm³/mol. The Hall–Kier alpha value is -6.65. The summed E-state index contributed by atoms with van der Waals surface area (Å²) in [7, 11) is 0. The van der Waals surface area contributed by atoms with E-state index in [9.17, 15) is 0 Å². The van der Waals surface area contributed by atoms with Gasteiger partial charge in [0.05, 0.1) is 6.85 Å². The van der Waals surface area contributed by atoms with Gasteiger partial charge in [0.15, 0.2) is 17.5 Å². The molecular weight excluding hydrogens is 635 g/mol. The molecule has 246 valence electrons. The predicted octanol–water partition coefficient (Wildman–Crippen LogP) is 12.4. The summed E-state index contributed by atoms with van der Waals surface area (Å²) >= 11 is 0. The van der Waals surface area contributed by atoms with Crippen LogP contribution in [0.1, 0.15) is 31.8 Å². The fourth-order valence-electron chi connectivity index (χ4n) is 7.65. The van der Waals surface area contributed by atoms with Crippen molar-refractivity contribution in [3.63, 3.8) is 0 Å². The molecule has 1 aliphatic carbocycles. The molecule has 10 rings (SSSR count). The van der Waals surface area contributed by atoms with E-state index < -0.39 is 6.04 Å². The van der Waals surface area contributed by atoms with Crippen LogP contribution in [-0.2, 0) is 5.41 Å². The Morgan fingerprint density at radius 1 is 0.462 bits per heavy atom. The van der Waals surface area contributed by atoms with Crippen molar-refractivity contribution in [2.24, 2.45) is 0 Å². The van der Waals surface area contributed by atoms with Crippen LogP contribution in [0, 0.1) is 0 Å². The Balaban J connectivity index is 1.08. The van der Waals surface area contributed by atoms with Gasteiger partial charge < -0.3 is 4.42 Å². The van der Waals surface area contributed by atoms with E-state index in [2.05, 4.69) is 62.4 Å². The van der Waals surface area contributed by atoms with Crippen LogP contribution in [0.2, 0.25) is 0 Å². The summed E-state index contributed by atoms with van der Waals surface area (Å²) in [5, 5.41) is 1.47. The van der Waals surface area contributed by atoms with Crippen molar-refractivity contribution in [1.82, 2.24) is 15.0 Å². The maximum Gasteiger partial charge on any atom is 0.164 e. The normalized spacial score (nSPS) is 14.3. The number of aromatic nitrogens is 3. The van der Waals surface area contributed by atoms with Gasteiger partial charge in [0.25, 0.3) is 0 Å². The number of furan rings is 1. The van der Waals surface area contributed by atoms with Crippen LogP contribution in [0.4, 0.5) is 0 Å². The van der Waals surface area contributed by atoms with Crippen LogP contribution in [0.5, 0.6) is 0 Å². The molecule has 0 saturated heterocycles. The highest BCUT2D eigenvalue weighted by atomic mass is 16.3. The quantitative estimate of drug-likeness (QED) is 0.183. The van der Waals surface area contributed by atoms with E-state index in [4.69, 9.17) is 26.2 Å². The van der Waals surface area contributed by atoms with Crippen LogP contribution in [0.3, 0.4) is 0 Å². The van der Waals surface area contributed by atoms with Gasteiger partial charge in [-0.15, -0.1) is 0 Å².